The molecule has 0 bridgehead atoms. The number of rotatable bonds is 6. The highest BCUT2D eigenvalue weighted by Crippen LogP contribution is 2.17. The van der Waals surface area contributed by atoms with Gasteiger partial charge in [0.15, 0.2) is 6.61 Å². The van der Waals surface area contributed by atoms with Crippen LogP contribution in [0.4, 0.5) is 4.39 Å². The van der Waals surface area contributed by atoms with Crippen LogP contribution >= 0.6 is 11.6 Å². The molecule has 0 radical (unpaired) electrons. The topological polar surface area (TPSA) is 64.1 Å². The van der Waals surface area contributed by atoms with Gasteiger partial charge in [-0.15, -0.1) is 0 Å². The molecule has 0 saturated heterocycles. The predicted octanol–water partition coefficient (Wildman–Crippen LogP) is 3.63. The Morgan fingerprint density at radius 2 is 1.81 bits per heavy atom. The lowest BCUT2D eigenvalue weighted by Gasteiger charge is -2.08. The van der Waals surface area contributed by atoms with E-state index in [1.165, 1.54) is 18.5 Å². The first kappa shape index (κ1) is 17.8. The second kappa shape index (κ2) is 8.40. The van der Waals surface area contributed by atoms with Crippen molar-refractivity contribution in [2.24, 2.45) is 0 Å². The molecule has 0 fully saturated rings. The number of carbonyl (C=O) groups excluding carboxylic acids is 1. The van der Waals surface area contributed by atoms with Gasteiger partial charge in [0.05, 0.1) is 17.9 Å². The lowest BCUT2D eigenvalue weighted by atomic mass is 10.1. The first-order chi connectivity index (χ1) is 12.6. The highest BCUT2D eigenvalue weighted by Gasteiger charge is 2.06. The molecule has 1 amide bonds. The van der Waals surface area contributed by atoms with Gasteiger partial charge in [0.2, 0.25) is 0 Å². The zero-order valence-electron chi connectivity index (χ0n) is 13.7. The fraction of sp³-hybridized carbons (Fsp3) is 0.105. The van der Waals surface area contributed by atoms with E-state index >= 15 is 0 Å². The molecule has 0 aliphatic heterocycles. The molecule has 5 nitrogen and oxygen atoms in total. The van der Waals surface area contributed by atoms with E-state index in [2.05, 4.69) is 15.3 Å². The third-order valence-corrected chi connectivity index (χ3v) is 3.77. The van der Waals surface area contributed by atoms with Crippen molar-refractivity contribution in [2.45, 2.75) is 6.54 Å². The Bertz CT molecular complexity index is 886. The minimum atomic E-state index is -0.309. The SMILES string of the molecule is O=C(COc1ccc(Cl)cc1)NCc1cc(-c2ccc(F)cc2)ncn1. The second-order valence-corrected chi connectivity index (χ2v) is 5.86. The Kier molecular flexibility index (Phi) is 5.76. The minimum absolute atomic E-state index is 0.114. The molecule has 1 heterocycles. The summed E-state index contributed by atoms with van der Waals surface area (Å²) in [6, 6.07) is 14.5. The van der Waals surface area contributed by atoms with Crippen LogP contribution in [0.1, 0.15) is 5.69 Å². The molecule has 0 saturated carbocycles. The van der Waals surface area contributed by atoms with Crippen LogP contribution in [0.5, 0.6) is 5.75 Å². The van der Waals surface area contributed by atoms with E-state index in [-0.39, 0.29) is 24.9 Å². The molecule has 132 valence electrons. The Morgan fingerprint density at radius 3 is 2.54 bits per heavy atom. The lowest BCUT2D eigenvalue weighted by molar-refractivity contribution is -0.123. The first-order valence-corrected chi connectivity index (χ1v) is 8.20. The number of hydrogen-bond donors (Lipinski definition) is 1. The van der Waals surface area contributed by atoms with E-state index in [9.17, 15) is 9.18 Å². The van der Waals surface area contributed by atoms with Gasteiger partial charge < -0.3 is 10.1 Å². The molecule has 0 aliphatic carbocycles. The summed E-state index contributed by atoms with van der Waals surface area (Å²) in [5.41, 5.74) is 2.06. The van der Waals surface area contributed by atoms with Crippen molar-refractivity contribution >= 4 is 17.5 Å². The highest BCUT2D eigenvalue weighted by molar-refractivity contribution is 6.30. The maximum Gasteiger partial charge on any atom is 0.258 e. The molecule has 7 heteroatoms. The fourth-order valence-electron chi connectivity index (χ4n) is 2.19. The molecule has 3 rings (SSSR count). The standard InChI is InChI=1S/C19H15ClFN3O2/c20-14-3-7-17(8-4-14)26-11-19(25)22-10-16-9-18(24-12-23-16)13-1-5-15(21)6-2-13/h1-9,12H,10-11H2,(H,22,25). The van der Waals surface area contributed by atoms with Gasteiger partial charge in [-0.3, -0.25) is 4.79 Å². The normalized spacial score (nSPS) is 10.4. The van der Waals surface area contributed by atoms with Gasteiger partial charge in [-0.05, 0) is 54.6 Å². The maximum atomic E-state index is 13.0. The van der Waals surface area contributed by atoms with Gasteiger partial charge in [-0.2, -0.15) is 0 Å². The Hall–Kier alpha value is -2.99. The Labute approximate surface area is 154 Å². The summed E-state index contributed by atoms with van der Waals surface area (Å²) in [5.74, 6) is -0.0249. The molecule has 0 unspecified atom stereocenters. The number of nitrogens with zero attached hydrogens (tertiary/aromatic N) is 2. The quantitative estimate of drug-likeness (QED) is 0.718. The van der Waals surface area contributed by atoms with Crippen molar-refractivity contribution < 1.29 is 13.9 Å². The summed E-state index contributed by atoms with van der Waals surface area (Å²) in [6.07, 6.45) is 1.41. The van der Waals surface area contributed by atoms with Crippen LogP contribution in [0, 0.1) is 5.82 Å². The third kappa shape index (κ3) is 5.00. The highest BCUT2D eigenvalue weighted by atomic mass is 35.5. The number of hydrogen-bond acceptors (Lipinski definition) is 4. The van der Waals surface area contributed by atoms with E-state index in [4.69, 9.17) is 16.3 Å². The van der Waals surface area contributed by atoms with Gasteiger partial charge in [0.25, 0.3) is 5.91 Å². The van der Waals surface area contributed by atoms with Gasteiger partial charge in [-0.1, -0.05) is 11.6 Å². The summed E-state index contributed by atoms with van der Waals surface area (Å²) < 4.78 is 18.4. The molecular weight excluding hydrogens is 357 g/mol. The number of aromatic nitrogens is 2. The van der Waals surface area contributed by atoms with Gasteiger partial charge in [0, 0.05) is 10.6 Å². The number of nitrogens with one attached hydrogen (secondary N) is 1. The fourth-order valence-corrected chi connectivity index (χ4v) is 2.32. The van der Waals surface area contributed by atoms with Crippen molar-refractivity contribution in [1.29, 1.82) is 0 Å². The van der Waals surface area contributed by atoms with Crippen LogP contribution in [0.2, 0.25) is 5.02 Å². The predicted molar refractivity (Wildman–Crippen MR) is 96.2 cm³/mol. The van der Waals surface area contributed by atoms with Gasteiger partial charge >= 0.3 is 0 Å². The molecule has 1 N–H and O–H groups in total. The minimum Gasteiger partial charge on any atom is -0.484 e. The van der Waals surface area contributed by atoms with Crippen LogP contribution in [0.25, 0.3) is 11.3 Å². The number of benzene rings is 2. The van der Waals surface area contributed by atoms with Crippen molar-refractivity contribution in [3.63, 3.8) is 0 Å². The van der Waals surface area contributed by atoms with E-state index < -0.39 is 0 Å². The molecule has 0 spiro atoms. The van der Waals surface area contributed by atoms with Crippen molar-refractivity contribution in [2.75, 3.05) is 6.61 Å². The van der Waals surface area contributed by atoms with Crippen LogP contribution in [-0.2, 0) is 11.3 Å². The summed E-state index contributed by atoms with van der Waals surface area (Å²) in [6.45, 7) is 0.122. The third-order valence-electron chi connectivity index (χ3n) is 3.51. The van der Waals surface area contributed by atoms with Crippen LogP contribution in [0.3, 0.4) is 0 Å². The Balaban J connectivity index is 1.54. The van der Waals surface area contributed by atoms with Gasteiger partial charge in [0.1, 0.15) is 17.9 Å². The second-order valence-electron chi connectivity index (χ2n) is 5.42. The zero-order valence-corrected chi connectivity index (χ0v) is 14.4. The number of amides is 1. The summed E-state index contributed by atoms with van der Waals surface area (Å²) in [5, 5.41) is 3.33. The van der Waals surface area contributed by atoms with E-state index in [0.717, 1.165) is 5.56 Å². The zero-order chi connectivity index (χ0) is 18.4. The molecular formula is C19H15ClFN3O2. The summed E-state index contributed by atoms with van der Waals surface area (Å²) in [7, 11) is 0. The van der Waals surface area contributed by atoms with Crippen LogP contribution in [-0.4, -0.2) is 22.5 Å². The van der Waals surface area contributed by atoms with Crippen molar-refractivity contribution in [3.8, 4) is 17.0 Å². The molecule has 1 aromatic heterocycles. The number of ether oxygens (including phenoxy) is 1. The number of carbonyl (C=O) groups is 1. The van der Waals surface area contributed by atoms with Gasteiger partial charge in [-0.25, -0.2) is 14.4 Å². The van der Waals surface area contributed by atoms with Crippen molar-refractivity contribution in [3.05, 3.63) is 77.5 Å². The maximum absolute atomic E-state index is 13.0. The molecule has 2 aromatic carbocycles. The molecule has 0 aliphatic rings. The summed E-state index contributed by atoms with van der Waals surface area (Å²) >= 11 is 5.79. The van der Waals surface area contributed by atoms with E-state index in [1.807, 2.05) is 0 Å². The largest absolute Gasteiger partial charge is 0.484 e. The van der Waals surface area contributed by atoms with Crippen LogP contribution in [0.15, 0.2) is 60.9 Å². The first-order valence-electron chi connectivity index (χ1n) is 7.82. The van der Waals surface area contributed by atoms with Crippen molar-refractivity contribution in [1.82, 2.24) is 15.3 Å². The van der Waals surface area contributed by atoms with E-state index in [1.54, 1.807) is 42.5 Å². The molecule has 3 aromatic rings. The lowest BCUT2D eigenvalue weighted by Crippen LogP contribution is -2.28. The monoisotopic (exact) mass is 371 g/mol. The van der Waals surface area contributed by atoms with Crippen LogP contribution < -0.4 is 10.1 Å². The number of halogens is 2. The smallest absolute Gasteiger partial charge is 0.258 e. The summed E-state index contributed by atoms with van der Waals surface area (Å²) in [4.78, 5) is 20.2. The average molecular weight is 372 g/mol. The average Bonchev–Trinajstić information content (AvgIpc) is 2.67. The Morgan fingerprint density at radius 1 is 1.08 bits per heavy atom. The molecule has 26 heavy (non-hydrogen) atoms. The molecule has 0 atom stereocenters. The van der Waals surface area contributed by atoms with E-state index in [0.29, 0.717) is 22.2 Å².